The molecule has 1 heterocycles. The summed E-state index contributed by atoms with van der Waals surface area (Å²) in [6, 6.07) is 15.0. The van der Waals surface area contributed by atoms with Crippen LogP contribution >= 0.6 is 23.2 Å². The van der Waals surface area contributed by atoms with Crippen LogP contribution in [0.5, 0.6) is 0 Å². The summed E-state index contributed by atoms with van der Waals surface area (Å²) in [4.78, 5) is 25.2. The highest BCUT2D eigenvalue weighted by Crippen LogP contribution is 2.26. The van der Waals surface area contributed by atoms with Crippen molar-refractivity contribution in [2.75, 3.05) is 0 Å². The number of aromatic nitrogens is 4. The number of nitrogens with one attached hydrogen (secondary N) is 1. The lowest BCUT2D eigenvalue weighted by molar-refractivity contribution is -0.139. The lowest BCUT2D eigenvalue weighted by Gasteiger charge is -2.16. The van der Waals surface area contributed by atoms with Crippen molar-refractivity contribution in [2.45, 2.75) is 30.3 Å². The van der Waals surface area contributed by atoms with Gasteiger partial charge in [-0.05, 0) is 34.4 Å². The van der Waals surface area contributed by atoms with Gasteiger partial charge >= 0.3 is 5.97 Å². The lowest BCUT2D eigenvalue weighted by Crippen LogP contribution is -2.43. The SMILES string of the molecule is O=C(O)CC(NS(=O)(=O)c1cccc2ccccc12)C(=O)Cn1nnc(Cc2c(Cl)cccc2Cl)n1. The number of sulfonamides is 1. The van der Waals surface area contributed by atoms with Gasteiger partial charge in [0.25, 0.3) is 0 Å². The highest BCUT2D eigenvalue weighted by Gasteiger charge is 2.29. The van der Waals surface area contributed by atoms with E-state index in [2.05, 4.69) is 20.1 Å². The molecule has 36 heavy (non-hydrogen) atoms. The molecule has 0 amide bonds. The molecule has 10 nitrogen and oxygen atoms in total. The second-order valence-corrected chi connectivity index (χ2v) is 10.3. The zero-order chi connectivity index (χ0) is 25.9. The molecular weight excluding hydrogens is 529 g/mol. The van der Waals surface area contributed by atoms with Gasteiger partial charge in [0.15, 0.2) is 11.6 Å². The van der Waals surface area contributed by atoms with E-state index in [0.29, 0.717) is 26.4 Å². The van der Waals surface area contributed by atoms with Gasteiger partial charge in [-0.15, -0.1) is 10.2 Å². The molecule has 3 aromatic carbocycles. The van der Waals surface area contributed by atoms with E-state index in [1.165, 1.54) is 6.07 Å². The number of nitrogens with zero attached hydrogens (tertiary/aromatic N) is 4. The van der Waals surface area contributed by atoms with Gasteiger partial charge < -0.3 is 5.11 Å². The van der Waals surface area contributed by atoms with Crippen LogP contribution in [-0.2, 0) is 32.6 Å². The molecule has 0 spiro atoms. The number of ketones is 1. The van der Waals surface area contributed by atoms with Crippen molar-refractivity contribution in [1.82, 2.24) is 24.9 Å². The van der Waals surface area contributed by atoms with Crippen LogP contribution in [0.1, 0.15) is 17.8 Å². The molecule has 0 fully saturated rings. The van der Waals surface area contributed by atoms with Crippen molar-refractivity contribution in [1.29, 1.82) is 0 Å². The summed E-state index contributed by atoms with van der Waals surface area (Å²) in [5.41, 5.74) is 0.582. The van der Waals surface area contributed by atoms with Crippen molar-refractivity contribution in [3.8, 4) is 0 Å². The first-order valence-electron chi connectivity index (χ1n) is 10.6. The van der Waals surface area contributed by atoms with E-state index in [4.69, 9.17) is 23.2 Å². The number of carbonyl (C=O) groups excluding carboxylic acids is 1. The topological polar surface area (TPSA) is 144 Å². The Bertz CT molecular complexity index is 1530. The number of fused-ring (bicyclic) bond motifs is 1. The summed E-state index contributed by atoms with van der Waals surface area (Å²) >= 11 is 12.3. The Balaban J connectivity index is 1.53. The number of benzene rings is 3. The number of hydrogen-bond acceptors (Lipinski definition) is 7. The average Bonchev–Trinajstić information content (AvgIpc) is 3.27. The molecule has 4 rings (SSSR count). The number of rotatable bonds is 10. The predicted octanol–water partition coefficient (Wildman–Crippen LogP) is 3.11. The number of Topliss-reactive ketones (excluding diaryl/α,β-unsaturated/α-hetero) is 1. The zero-order valence-electron chi connectivity index (χ0n) is 18.5. The maximum Gasteiger partial charge on any atom is 0.305 e. The van der Waals surface area contributed by atoms with Crippen molar-refractivity contribution in [2.24, 2.45) is 0 Å². The van der Waals surface area contributed by atoms with Crippen molar-refractivity contribution >= 4 is 55.8 Å². The van der Waals surface area contributed by atoms with Gasteiger partial charge in [-0.25, -0.2) is 8.42 Å². The van der Waals surface area contributed by atoms with Gasteiger partial charge in [-0.3, -0.25) is 9.59 Å². The Kier molecular flexibility index (Phi) is 7.65. The van der Waals surface area contributed by atoms with Crippen LogP contribution in [0.15, 0.2) is 65.6 Å². The van der Waals surface area contributed by atoms with Gasteiger partial charge in [-0.1, -0.05) is 65.7 Å². The standard InChI is InChI=1S/C23H19Cl2N5O5S/c24-17-8-4-9-18(25)16(17)11-22-26-29-30(27-22)13-20(31)19(12-23(32)33)28-36(34,35)21-10-3-6-14-5-1-2-7-15(14)21/h1-10,19,28H,11-13H2,(H,32,33). The van der Waals surface area contributed by atoms with E-state index in [-0.39, 0.29) is 17.1 Å². The average molecular weight is 548 g/mol. The Morgan fingerprint density at radius 2 is 1.67 bits per heavy atom. The van der Waals surface area contributed by atoms with E-state index in [1.807, 2.05) is 0 Å². The van der Waals surface area contributed by atoms with Gasteiger partial charge in [0.1, 0.15) is 6.54 Å². The molecule has 2 N–H and O–H groups in total. The van der Waals surface area contributed by atoms with Crippen molar-refractivity contribution in [3.63, 3.8) is 0 Å². The zero-order valence-corrected chi connectivity index (χ0v) is 20.8. The van der Waals surface area contributed by atoms with Crippen LogP contribution in [0.2, 0.25) is 10.0 Å². The van der Waals surface area contributed by atoms with Gasteiger partial charge in [0, 0.05) is 21.9 Å². The van der Waals surface area contributed by atoms with E-state index in [9.17, 15) is 23.1 Å². The van der Waals surface area contributed by atoms with Crippen LogP contribution < -0.4 is 4.72 Å². The number of tetrazole rings is 1. The lowest BCUT2D eigenvalue weighted by atomic mass is 10.1. The summed E-state index contributed by atoms with van der Waals surface area (Å²) in [6.45, 7) is -0.501. The summed E-state index contributed by atoms with van der Waals surface area (Å²) < 4.78 is 28.5. The molecule has 0 aliphatic heterocycles. The maximum absolute atomic E-state index is 13.1. The summed E-state index contributed by atoms with van der Waals surface area (Å²) in [5.74, 6) is -1.88. The second-order valence-electron chi connectivity index (χ2n) is 7.83. The van der Waals surface area contributed by atoms with Gasteiger partial charge in [-0.2, -0.15) is 9.52 Å². The highest BCUT2D eigenvalue weighted by atomic mass is 35.5. The number of hydrogen-bond donors (Lipinski definition) is 2. The summed E-state index contributed by atoms with van der Waals surface area (Å²) in [6.07, 6.45) is -0.613. The summed E-state index contributed by atoms with van der Waals surface area (Å²) in [7, 11) is -4.24. The first-order valence-corrected chi connectivity index (χ1v) is 12.8. The minimum Gasteiger partial charge on any atom is -0.481 e. The van der Waals surface area contributed by atoms with Crippen LogP contribution in [0, 0.1) is 0 Å². The minimum absolute atomic E-state index is 0.0680. The quantitative estimate of drug-likeness (QED) is 0.308. The third-order valence-corrected chi connectivity index (χ3v) is 7.53. The molecular formula is C23H19Cl2N5O5S. The molecule has 0 saturated carbocycles. The molecule has 0 aliphatic carbocycles. The number of aliphatic carboxylic acids is 1. The molecule has 0 bridgehead atoms. The molecule has 1 unspecified atom stereocenters. The second kappa shape index (κ2) is 10.7. The fraction of sp³-hybridized carbons (Fsp3) is 0.174. The van der Waals surface area contributed by atoms with Crippen LogP contribution in [-0.4, -0.2) is 51.5 Å². The maximum atomic E-state index is 13.1. The molecule has 0 aliphatic rings. The van der Waals surface area contributed by atoms with Crippen LogP contribution in [0.25, 0.3) is 10.8 Å². The number of halogens is 2. The largest absolute Gasteiger partial charge is 0.481 e. The third-order valence-electron chi connectivity index (χ3n) is 5.29. The van der Waals surface area contributed by atoms with Crippen molar-refractivity contribution in [3.05, 3.63) is 82.1 Å². The Labute approximate surface area is 215 Å². The number of carbonyl (C=O) groups is 2. The van der Waals surface area contributed by atoms with E-state index in [0.717, 1.165) is 4.80 Å². The fourth-order valence-corrected chi connectivity index (χ4v) is 5.58. The van der Waals surface area contributed by atoms with E-state index in [1.54, 1.807) is 54.6 Å². The molecule has 0 radical (unpaired) electrons. The molecule has 186 valence electrons. The van der Waals surface area contributed by atoms with Crippen molar-refractivity contribution < 1.29 is 23.1 Å². The molecule has 1 aromatic heterocycles. The first-order chi connectivity index (χ1) is 17.1. The Morgan fingerprint density at radius 3 is 2.39 bits per heavy atom. The van der Waals surface area contributed by atoms with Gasteiger partial charge in [0.2, 0.25) is 10.0 Å². The molecule has 1 atom stereocenters. The fourth-order valence-electron chi connectivity index (χ4n) is 3.60. The number of carboxylic acids is 1. The predicted molar refractivity (Wildman–Crippen MR) is 132 cm³/mol. The van der Waals surface area contributed by atoms with E-state index >= 15 is 0 Å². The molecule has 13 heteroatoms. The third kappa shape index (κ3) is 5.88. The molecule has 0 saturated heterocycles. The first kappa shape index (κ1) is 25.7. The van der Waals surface area contributed by atoms with E-state index < -0.39 is 40.8 Å². The Morgan fingerprint density at radius 1 is 1.00 bits per heavy atom. The normalized spacial score (nSPS) is 12.5. The van der Waals surface area contributed by atoms with Gasteiger partial charge in [0.05, 0.1) is 17.4 Å². The monoisotopic (exact) mass is 547 g/mol. The minimum atomic E-state index is -4.24. The van der Waals surface area contributed by atoms with Crippen LogP contribution in [0.4, 0.5) is 0 Å². The molecule has 4 aromatic rings. The summed E-state index contributed by atoms with van der Waals surface area (Å²) in [5, 5.41) is 23.1. The Hall–Kier alpha value is -3.38. The number of carboxylic acid groups (broad SMARTS) is 1. The van der Waals surface area contributed by atoms with Crippen LogP contribution in [0.3, 0.4) is 0 Å². The highest BCUT2D eigenvalue weighted by molar-refractivity contribution is 7.89. The smallest absolute Gasteiger partial charge is 0.305 e.